The molecule has 0 aliphatic rings. The summed E-state index contributed by atoms with van der Waals surface area (Å²) < 4.78 is 0. The lowest BCUT2D eigenvalue weighted by molar-refractivity contribution is 0.281. The number of rotatable bonds is 6. The molecule has 3 N–H and O–H groups in total. The van der Waals surface area contributed by atoms with Gasteiger partial charge in [0.2, 0.25) is 0 Å². The van der Waals surface area contributed by atoms with Crippen molar-refractivity contribution in [2.75, 3.05) is 13.6 Å². The third kappa shape index (κ3) is 4.45. The SMILES string of the molecule is Cc1cccc(CN(C)CCC(C)(C)C(=N)N)n1. The van der Waals surface area contributed by atoms with Crippen molar-refractivity contribution in [1.29, 1.82) is 5.41 Å². The fourth-order valence-electron chi connectivity index (χ4n) is 1.65. The Morgan fingerprint density at radius 3 is 2.67 bits per heavy atom. The van der Waals surface area contributed by atoms with E-state index in [4.69, 9.17) is 11.1 Å². The number of aromatic nitrogens is 1. The van der Waals surface area contributed by atoms with E-state index in [1.54, 1.807) is 0 Å². The van der Waals surface area contributed by atoms with Gasteiger partial charge in [0.15, 0.2) is 0 Å². The van der Waals surface area contributed by atoms with Crippen molar-refractivity contribution < 1.29 is 0 Å². The van der Waals surface area contributed by atoms with E-state index in [-0.39, 0.29) is 11.3 Å². The lowest BCUT2D eigenvalue weighted by atomic mass is 9.88. The molecule has 0 atom stereocenters. The standard InChI is InChI=1S/C14H24N4/c1-11-6-5-7-12(17-11)10-18(4)9-8-14(2,3)13(15)16/h5-7H,8-10H2,1-4H3,(H3,15,16). The second-order valence-electron chi connectivity index (χ2n) is 5.56. The largest absolute Gasteiger partial charge is 0.387 e. The van der Waals surface area contributed by atoms with Crippen LogP contribution in [0, 0.1) is 17.7 Å². The maximum absolute atomic E-state index is 7.54. The Bertz CT molecular complexity index is 412. The topological polar surface area (TPSA) is 66.0 Å². The summed E-state index contributed by atoms with van der Waals surface area (Å²) in [5.41, 5.74) is 7.48. The molecule has 0 radical (unpaired) electrons. The van der Waals surface area contributed by atoms with E-state index in [0.717, 1.165) is 30.9 Å². The molecule has 0 aliphatic heterocycles. The minimum Gasteiger partial charge on any atom is -0.387 e. The Kier molecular flexibility index (Phi) is 4.84. The van der Waals surface area contributed by atoms with Gasteiger partial charge in [-0.1, -0.05) is 19.9 Å². The molecule has 1 aromatic heterocycles. The van der Waals surface area contributed by atoms with Crippen LogP contribution < -0.4 is 5.73 Å². The van der Waals surface area contributed by atoms with Crippen LogP contribution in [0.25, 0.3) is 0 Å². The van der Waals surface area contributed by atoms with E-state index >= 15 is 0 Å². The summed E-state index contributed by atoms with van der Waals surface area (Å²) in [6.45, 7) is 7.75. The molecule has 0 spiro atoms. The lowest BCUT2D eigenvalue weighted by Gasteiger charge is -2.26. The van der Waals surface area contributed by atoms with Crippen LogP contribution in [0.4, 0.5) is 0 Å². The molecule has 100 valence electrons. The number of nitrogens with one attached hydrogen (secondary N) is 1. The molecular formula is C14H24N4. The van der Waals surface area contributed by atoms with Crippen LogP contribution in [0.3, 0.4) is 0 Å². The third-order valence-corrected chi connectivity index (χ3v) is 3.23. The average Bonchev–Trinajstić information content (AvgIpc) is 2.26. The highest BCUT2D eigenvalue weighted by Gasteiger charge is 2.21. The van der Waals surface area contributed by atoms with E-state index in [9.17, 15) is 0 Å². The number of aryl methyl sites for hydroxylation is 1. The molecule has 0 aliphatic carbocycles. The minimum atomic E-state index is -0.228. The molecule has 18 heavy (non-hydrogen) atoms. The smallest absolute Gasteiger partial charge is 0.0963 e. The van der Waals surface area contributed by atoms with Gasteiger partial charge in [-0.3, -0.25) is 10.4 Å². The second-order valence-corrected chi connectivity index (χ2v) is 5.56. The first-order valence-corrected chi connectivity index (χ1v) is 6.27. The molecule has 4 nitrogen and oxygen atoms in total. The first-order chi connectivity index (χ1) is 8.31. The predicted octanol–water partition coefficient (Wildman–Crippen LogP) is 2.17. The van der Waals surface area contributed by atoms with Crippen LogP contribution in [-0.4, -0.2) is 29.3 Å². The van der Waals surface area contributed by atoms with Gasteiger partial charge in [-0.05, 0) is 39.1 Å². The molecular weight excluding hydrogens is 224 g/mol. The zero-order chi connectivity index (χ0) is 13.8. The molecule has 0 fully saturated rings. The van der Waals surface area contributed by atoms with Gasteiger partial charge in [-0.2, -0.15) is 0 Å². The van der Waals surface area contributed by atoms with E-state index in [0.29, 0.717) is 0 Å². The van der Waals surface area contributed by atoms with E-state index in [2.05, 4.69) is 16.9 Å². The van der Waals surface area contributed by atoms with Crippen molar-refractivity contribution in [1.82, 2.24) is 9.88 Å². The Hall–Kier alpha value is -1.42. The van der Waals surface area contributed by atoms with E-state index < -0.39 is 0 Å². The molecule has 1 rings (SSSR count). The zero-order valence-corrected chi connectivity index (χ0v) is 11.8. The van der Waals surface area contributed by atoms with E-state index in [1.165, 1.54) is 0 Å². The first kappa shape index (κ1) is 14.6. The van der Waals surface area contributed by atoms with Gasteiger partial charge in [0, 0.05) is 17.7 Å². The normalized spacial score (nSPS) is 11.8. The van der Waals surface area contributed by atoms with Gasteiger partial charge in [0.1, 0.15) is 0 Å². The Labute approximate surface area is 110 Å². The summed E-state index contributed by atoms with van der Waals surface area (Å²) in [5, 5.41) is 7.54. The molecule has 1 aromatic rings. The highest BCUT2D eigenvalue weighted by molar-refractivity contribution is 5.82. The summed E-state index contributed by atoms with van der Waals surface area (Å²) in [7, 11) is 2.07. The average molecular weight is 248 g/mol. The quantitative estimate of drug-likeness (QED) is 0.599. The van der Waals surface area contributed by atoms with Gasteiger partial charge < -0.3 is 10.6 Å². The van der Waals surface area contributed by atoms with Gasteiger partial charge in [0.25, 0.3) is 0 Å². The van der Waals surface area contributed by atoms with Crippen molar-refractivity contribution in [3.8, 4) is 0 Å². The number of hydrogen-bond donors (Lipinski definition) is 2. The fraction of sp³-hybridized carbons (Fsp3) is 0.571. The summed E-state index contributed by atoms with van der Waals surface area (Å²) in [4.78, 5) is 6.70. The van der Waals surface area contributed by atoms with Crippen LogP contribution in [0.5, 0.6) is 0 Å². The number of nitrogens with two attached hydrogens (primary N) is 1. The molecule has 0 saturated carbocycles. The van der Waals surface area contributed by atoms with Crippen LogP contribution in [-0.2, 0) is 6.54 Å². The predicted molar refractivity (Wildman–Crippen MR) is 75.6 cm³/mol. The van der Waals surface area contributed by atoms with Gasteiger partial charge >= 0.3 is 0 Å². The van der Waals surface area contributed by atoms with Crippen LogP contribution in [0.1, 0.15) is 31.7 Å². The summed E-state index contributed by atoms with van der Waals surface area (Å²) in [6, 6.07) is 6.08. The Morgan fingerprint density at radius 2 is 2.11 bits per heavy atom. The highest BCUT2D eigenvalue weighted by atomic mass is 15.1. The van der Waals surface area contributed by atoms with Crippen molar-refractivity contribution >= 4 is 5.84 Å². The molecule has 1 heterocycles. The number of hydrogen-bond acceptors (Lipinski definition) is 3. The Morgan fingerprint density at radius 1 is 1.44 bits per heavy atom. The second kappa shape index (κ2) is 5.96. The summed E-state index contributed by atoms with van der Waals surface area (Å²) in [6.07, 6.45) is 0.880. The van der Waals surface area contributed by atoms with Crippen molar-refractivity contribution in [3.05, 3.63) is 29.6 Å². The van der Waals surface area contributed by atoms with Crippen LogP contribution in [0.15, 0.2) is 18.2 Å². The summed E-state index contributed by atoms with van der Waals surface area (Å²) in [5.74, 6) is 0.254. The van der Waals surface area contributed by atoms with Gasteiger partial charge in [0.05, 0.1) is 11.5 Å². The third-order valence-electron chi connectivity index (χ3n) is 3.23. The van der Waals surface area contributed by atoms with Gasteiger partial charge in [-0.25, -0.2) is 0 Å². The lowest BCUT2D eigenvalue weighted by Crippen LogP contribution is -2.34. The molecule has 0 amide bonds. The van der Waals surface area contributed by atoms with E-state index in [1.807, 2.05) is 39.0 Å². The number of nitrogens with zero attached hydrogens (tertiary/aromatic N) is 2. The summed E-state index contributed by atoms with van der Waals surface area (Å²) >= 11 is 0. The molecule has 0 aromatic carbocycles. The first-order valence-electron chi connectivity index (χ1n) is 6.27. The van der Waals surface area contributed by atoms with Crippen LogP contribution >= 0.6 is 0 Å². The Balaban J connectivity index is 2.47. The van der Waals surface area contributed by atoms with Crippen molar-refractivity contribution in [3.63, 3.8) is 0 Å². The molecule has 0 saturated heterocycles. The fourth-order valence-corrected chi connectivity index (χ4v) is 1.65. The minimum absolute atomic E-state index is 0.228. The molecule has 0 bridgehead atoms. The maximum Gasteiger partial charge on any atom is 0.0963 e. The maximum atomic E-state index is 7.54. The zero-order valence-electron chi connectivity index (χ0n) is 11.8. The highest BCUT2D eigenvalue weighted by Crippen LogP contribution is 2.20. The monoisotopic (exact) mass is 248 g/mol. The van der Waals surface area contributed by atoms with Crippen LogP contribution in [0.2, 0.25) is 0 Å². The van der Waals surface area contributed by atoms with Gasteiger partial charge in [-0.15, -0.1) is 0 Å². The number of amidine groups is 1. The van der Waals surface area contributed by atoms with Crippen molar-refractivity contribution in [2.24, 2.45) is 11.1 Å². The molecule has 0 unspecified atom stereocenters. The van der Waals surface area contributed by atoms with Crippen molar-refractivity contribution in [2.45, 2.75) is 33.7 Å². The number of pyridine rings is 1. The molecule has 4 heteroatoms.